The van der Waals surface area contributed by atoms with Crippen LogP contribution in [0, 0.1) is 5.92 Å². The second-order valence-corrected chi connectivity index (χ2v) is 11.3. The highest BCUT2D eigenvalue weighted by Crippen LogP contribution is 2.62. The number of ether oxygens (including phenoxy) is 2. The summed E-state index contributed by atoms with van der Waals surface area (Å²) >= 11 is 6.17. The van der Waals surface area contributed by atoms with Crippen molar-refractivity contribution in [3.05, 3.63) is 130 Å². The van der Waals surface area contributed by atoms with Crippen molar-refractivity contribution in [2.75, 3.05) is 19.5 Å². The number of anilines is 1. The highest BCUT2D eigenvalue weighted by molar-refractivity contribution is 6.30. The van der Waals surface area contributed by atoms with Gasteiger partial charge in [-0.1, -0.05) is 54.1 Å². The lowest BCUT2D eigenvalue weighted by molar-refractivity contribution is -0.122. The molecule has 4 aromatic rings. The summed E-state index contributed by atoms with van der Waals surface area (Å²) < 4.78 is 10.9. The van der Waals surface area contributed by atoms with Gasteiger partial charge in [0.2, 0.25) is 5.91 Å². The van der Waals surface area contributed by atoms with E-state index in [1.165, 1.54) is 14.2 Å². The molecule has 1 amide bonds. The molecule has 7 nitrogen and oxygen atoms in total. The number of benzene rings is 4. The third-order valence-electron chi connectivity index (χ3n) is 8.92. The Morgan fingerprint density at radius 1 is 0.837 bits per heavy atom. The maximum atomic E-state index is 15.0. The maximum absolute atomic E-state index is 15.0. The van der Waals surface area contributed by atoms with Gasteiger partial charge in [-0.25, -0.2) is 0 Å². The van der Waals surface area contributed by atoms with Gasteiger partial charge >= 0.3 is 0 Å². The first kappa shape index (κ1) is 27.0. The van der Waals surface area contributed by atoms with E-state index in [9.17, 15) is 14.4 Å². The van der Waals surface area contributed by atoms with E-state index in [0.717, 1.165) is 11.1 Å². The van der Waals surface area contributed by atoms with Crippen molar-refractivity contribution >= 4 is 40.8 Å². The highest BCUT2D eigenvalue weighted by Gasteiger charge is 2.70. The fraction of sp³-hybridized carbons (Fsp3) is 0.171. The lowest BCUT2D eigenvalue weighted by atomic mass is 9.62. The summed E-state index contributed by atoms with van der Waals surface area (Å²) in [5, 5.41) is 3.55. The molecule has 43 heavy (non-hydrogen) atoms. The predicted octanol–water partition coefficient (Wildman–Crippen LogP) is 6.34. The third-order valence-corrected chi connectivity index (χ3v) is 9.17. The number of Topliss-reactive ketones (excluding diaryl/α,β-unsaturated/α-hetero) is 2. The number of hydrogen-bond acceptors (Lipinski definition) is 6. The summed E-state index contributed by atoms with van der Waals surface area (Å²) in [4.78, 5) is 46.1. The van der Waals surface area contributed by atoms with Gasteiger partial charge in [-0.3, -0.25) is 14.4 Å². The number of fused-ring (bicyclic) bond motifs is 6. The van der Waals surface area contributed by atoms with Gasteiger partial charge in [0.25, 0.3) is 0 Å². The quantitative estimate of drug-likeness (QED) is 0.264. The molecule has 3 aliphatic rings. The minimum absolute atomic E-state index is 0.279. The van der Waals surface area contributed by atoms with Crippen molar-refractivity contribution in [2.45, 2.75) is 17.5 Å². The Hall–Kier alpha value is -4.88. The van der Waals surface area contributed by atoms with E-state index >= 15 is 0 Å². The number of rotatable bonds is 6. The van der Waals surface area contributed by atoms with Gasteiger partial charge in [0, 0.05) is 28.0 Å². The second-order valence-electron chi connectivity index (χ2n) is 10.9. The summed E-state index contributed by atoms with van der Waals surface area (Å²) in [5.74, 6) is -1.20. The molecule has 1 saturated heterocycles. The van der Waals surface area contributed by atoms with Crippen LogP contribution >= 0.6 is 11.6 Å². The smallest absolute Gasteiger partial charge is 0.238 e. The lowest BCUT2D eigenvalue weighted by Crippen LogP contribution is -2.49. The van der Waals surface area contributed by atoms with E-state index in [0.29, 0.717) is 38.9 Å². The number of methoxy groups -OCH3 is 2. The van der Waals surface area contributed by atoms with Crippen LogP contribution in [0.3, 0.4) is 0 Å². The monoisotopic (exact) mass is 590 g/mol. The molecular weight excluding hydrogens is 564 g/mol. The van der Waals surface area contributed by atoms with E-state index in [-0.39, 0.29) is 17.5 Å². The largest absolute Gasteiger partial charge is 0.493 e. The fourth-order valence-electron chi connectivity index (χ4n) is 7.12. The predicted molar refractivity (Wildman–Crippen MR) is 164 cm³/mol. The minimum atomic E-state index is -1.42. The maximum Gasteiger partial charge on any atom is 0.238 e. The standard InChI is InChI=1S/C35H27ClN2O5/c1-42-27-16-13-22(19-28(27)43-2)31(39)29-30(32(40)21-11-14-23(36)15-12-21)38-18-17-20-7-3-4-8-24(20)33(38)35(29)25-9-5-6-10-26(25)37-34(35)41/h3-19,29-30,33H,1-2H3,(H,37,41)/t29-,30+,33-,35-/m1/s1. The molecule has 0 bridgehead atoms. The van der Waals surface area contributed by atoms with E-state index in [4.69, 9.17) is 21.1 Å². The summed E-state index contributed by atoms with van der Waals surface area (Å²) in [6.45, 7) is 0. The number of nitrogens with one attached hydrogen (secondary N) is 1. The van der Waals surface area contributed by atoms with Crippen LogP contribution in [0.2, 0.25) is 5.02 Å². The molecule has 4 atom stereocenters. The first-order chi connectivity index (χ1) is 20.9. The molecule has 1 fully saturated rings. The SMILES string of the molecule is COc1ccc(C(=O)[C@H]2[C@@H](C(=O)c3ccc(Cl)cc3)N3C=Cc4ccccc4[C@@H]3[C@]23C(=O)Nc2ccccc23)cc1OC. The minimum Gasteiger partial charge on any atom is -0.493 e. The number of halogens is 1. The first-order valence-electron chi connectivity index (χ1n) is 13.9. The van der Waals surface area contributed by atoms with Gasteiger partial charge in [0.1, 0.15) is 11.5 Å². The molecule has 1 N–H and O–H groups in total. The van der Waals surface area contributed by atoms with Crippen LogP contribution in [0.4, 0.5) is 5.69 Å². The molecule has 8 heteroatoms. The van der Waals surface area contributed by atoms with Crippen LogP contribution in [0.15, 0.2) is 97.2 Å². The third kappa shape index (κ3) is 3.85. The number of carbonyl (C=O) groups is 3. The highest BCUT2D eigenvalue weighted by atomic mass is 35.5. The number of ketones is 2. The van der Waals surface area contributed by atoms with Crippen molar-refractivity contribution in [1.29, 1.82) is 0 Å². The van der Waals surface area contributed by atoms with E-state index in [1.807, 2.05) is 65.7 Å². The van der Waals surface area contributed by atoms with E-state index < -0.39 is 23.4 Å². The fourth-order valence-corrected chi connectivity index (χ4v) is 7.25. The van der Waals surface area contributed by atoms with Crippen LogP contribution in [-0.2, 0) is 10.2 Å². The molecule has 7 rings (SSSR count). The molecule has 0 aromatic heterocycles. The van der Waals surface area contributed by atoms with Crippen molar-refractivity contribution in [1.82, 2.24) is 4.90 Å². The summed E-state index contributed by atoms with van der Waals surface area (Å²) in [7, 11) is 3.02. The zero-order valence-corrected chi connectivity index (χ0v) is 24.2. The van der Waals surface area contributed by atoms with Crippen LogP contribution in [0.25, 0.3) is 6.08 Å². The zero-order chi connectivity index (χ0) is 29.9. The molecule has 0 unspecified atom stereocenters. The summed E-state index contributed by atoms with van der Waals surface area (Å²) in [6, 6.07) is 25.2. The van der Waals surface area contributed by atoms with Crippen LogP contribution < -0.4 is 14.8 Å². The number of hydrogen-bond donors (Lipinski definition) is 1. The number of nitrogens with zero attached hydrogens (tertiary/aromatic N) is 1. The molecule has 0 aliphatic carbocycles. The number of para-hydroxylation sites is 1. The Kier molecular flexibility index (Phi) is 6.36. The molecule has 3 heterocycles. The number of carbonyl (C=O) groups excluding carboxylic acids is 3. The molecule has 214 valence electrons. The molecule has 4 aromatic carbocycles. The Morgan fingerprint density at radius 2 is 1.53 bits per heavy atom. The van der Waals surface area contributed by atoms with Crippen molar-refractivity contribution in [3.63, 3.8) is 0 Å². The van der Waals surface area contributed by atoms with Gasteiger partial charge < -0.3 is 19.7 Å². The molecule has 0 saturated carbocycles. The van der Waals surface area contributed by atoms with Gasteiger partial charge in [0.05, 0.1) is 26.2 Å². The Balaban J connectivity index is 1.52. The van der Waals surface area contributed by atoms with E-state index in [2.05, 4.69) is 5.32 Å². The van der Waals surface area contributed by atoms with Gasteiger partial charge in [-0.15, -0.1) is 0 Å². The average Bonchev–Trinajstić information content (AvgIpc) is 3.52. The van der Waals surface area contributed by atoms with Crippen LogP contribution in [-0.4, -0.2) is 42.6 Å². The molecule has 3 aliphatic heterocycles. The van der Waals surface area contributed by atoms with Gasteiger partial charge in [-0.05, 0) is 71.3 Å². The van der Waals surface area contributed by atoms with Gasteiger partial charge in [-0.2, -0.15) is 0 Å². The average molecular weight is 591 g/mol. The summed E-state index contributed by atoms with van der Waals surface area (Å²) in [6.07, 6.45) is 3.78. The topological polar surface area (TPSA) is 84.9 Å². The summed E-state index contributed by atoms with van der Waals surface area (Å²) in [5.41, 5.74) is 2.40. The Morgan fingerprint density at radius 3 is 2.30 bits per heavy atom. The van der Waals surface area contributed by atoms with Crippen molar-refractivity contribution in [2.24, 2.45) is 5.92 Å². The Bertz CT molecular complexity index is 1830. The van der Waals surface area contributed by atoms with Gasteiger partial charge in [0.15, 0.2) is 23.1 Å². The number of amides is 1. The molecule has 1 spiro atoms. The van der Waals surface area contributed by atoms with Crippen LogP contribution in [0.5, 0.6) is 11.5 Å². The van der Waals surface area contributed by atoms with Crippen molar-refractivity contribution < 1.29 is 23.9 Å². The van der Waals surface area contributed by atoms with E-state index in [1.54, 1.807) is 42.5 Å². The normalized spacial score (nSPS) is 22.9. The lowest BCUT2D eigenvalue weighted by Gasteiger charge is -2.38. The van der Waals surface area contributed by atoms with Crippen molar-refractivity contribution in [3.8, 4) is 11.5 Å². The Labute approximate surface area is 253 Å². The zero-order valence-electron chi connectivity index (χ0n) is 23.4. The molecule has 0 radical (unpaired) electrons. The second kappa shape index (κ2) is 10.1. The van der Waals surface area contributed by atoms with Crippen LogP contribution in [0.1, 0.15) is 43.4 Å². The first-order valence-corrected chi connectivity index (χ1v) is 14.3. The molecular formula is C35H27ClN2O5.